The van der Waals surface area contributed by atoms with Gasteiger partial charge in [0.15, 0.2) is 0 Å². The zero-order valence-electron chi connectivity index (χ0n) is 6.69. The molecule has 3 rings (SSSR count). The van der Waals surface area contributed by atoms with Gasteiger partial charge in [0.05, 0.1) is 0 Å². The minimum atomic E-state index is -0.763. The van der Waals surface area contributed by atoms with Crippen LogP contribution in [0.25, 0.3) is 0 Å². The molecule has 4 nitrogen and oxygen atoms in total. The molecule has 3 aliphatic rings. The van der Waals surface area contributed by atoms with E-state index in [1.165, 1.54) is 0 Å². The molecule has 2 N–H and O–H groups in total. The highest BCUT2D eigenvalue weighted by Crippen LogP contribution is 2.21. The smallest absolute Gasteiger partial charge is 0.407 e. The van der Waals surface area contributed by atoms with Crippen molar-refractivity contribution in [1.82, 2.24) is 10.2 Å². The van der Waals surface area contributed by atoms with Crippen LogP contribution in [0.2, 0.25) is 0 Å². The molecule has 3 fully saturated rings. The number of rotatable bonds is 0. The minimum Gasteiger partial charge on any atom is -0.465 e. The number of piperazine rings is 1. The fourth-order valence-electron chi connectivity index (χ4n) is 1.94. The predicted octanol–water partition coefficient (Wildman–Crippen LogP) is 0.522. The van der Waals surface area contributed by atoms with Crippen molar-refractivity contribution in [2.24, 2.45) is 0 Å². The van der Waals surface area contributed by atoms with E-state index in [4.69, 9.17) is 5.11 Å². The summed E-state index contributed by atoms with van der Waals surface area (Å²) in [7, 11) is 0. The van der Waals surface area contributed by atoms with Gasteiger partial charge in [0, 0.05) is 25.2 Å². The molecule has 0 aromatic carbocycles. The maximum Gasteiger partial charge on any atom is 0.407 e. The third kappa shape index (κ3) is 1.49. The third-order valence-electron chi connectivity index (χ3n) is 2.59. The Morgan fingerprint density at radius 2 is 2.25 bits per heavy atom. The van der Waals surface area contributed by atoms with Crippen LogP contribution in [0.3, 0.4) is 0 Å². The first-order chi connectivity index (χ1) is 5.27. The number of piperidine rings is 2. The third-order valence-corrected chi connectivity index (χ3v) is 2.59. The van der Waals surface area contributed by atoms with E-state index in [1.54, 1.807) is 4.90 Å². The largest absolute Gasteiger partial charge is 0.465 e. The lowest BCUT2D eigenvalue weighted by molar-refractivity contribution is 0.0674. The predicted molar refractivity (Wildman–Crippen MR) is 46.8 cm³/mol. The van der Waals surface area contributed by atoms with Crippen LogP contribution in [0, 0.1) is 0 Å². The van der Waals surface area contributed by atoms with E-state index in [9.17, 15) is 4.79 Å². The van der Waals surface area contributed by atoms with Gasteiger partial charge in [0.1, 0.15) is 0 Å². The first-order valence-electron chi connectivity index (χ1n) is 4.00. The van der Waals surface area contributed by atoms with E-state index >= 15 is 0 Å². The lowest BCUT2D eigenvalue weighted by Gasteiger charge is -2.44. The molecular weight excluding hydrogens is 180 g/mol. The molecule has 0 spiro atoms. The summed E-state index contributed by atoms with van der Waals surface area (Å²) in [6.07, 6.45) is 1.40. The van der Waals surface area contributed by atoms with Gasteiger partial charge in [0.25, 0.3) is 0 Å². The molecule has 0 radical (unpaired) electrons. The number of fused-ring (bicyclic) bond motifs is 3. The average Bonchev–Trinajstić information content (AvgIpc) is 2.06. The fourth-order valence-corrected chi connectivity index (χ4v) is 1.94. The second-order valence-corrected chi connectivity index (χ2v) is 3.27. The summed E-state index contributed by atoms with van der Waals surface area (Å²) in [4.78, 5) is 12.2. The van der Waals surface area contributed by atoms with Crippen LogP contribution < -0.4 is 5.32 Å². The Morgan fingerprint density at radius 1 is 1.50 bits per heavy atom. The molecule has 2 bridgehead atoms. The molecule has 3 saturated heterocycles. The molecule has 3 aliphatic heterocycles. The van der Waals surface area contributed by atoms with E-state index in [0.717, 1.165) is 19.4 Å². The molecule has 1 amide bonds. The summed E-state index contributed by atoms with van der Waals surface area (Å²) in [5.74, 6) is 0. The lowest BCUT2D eigenvalue weighted by atomic mass is 9.94. The molecule has 0 aromatic heterocycles. The molecule has 12 heavy (non-hydrogen) atoms. The van der Waals surface area contributed by atoms with Crippen molar-refractivity contribution in [3.05, 3.63) is 0 Å². The second-order valence-electron chi connectivity index (χ2n) is 3.27. The zero-order valence-corrected chi connectivity index (χ0v) is 7.51. The molecule has 0 aliphatic carbocycles. The Morgan fingerprint density at radius 3 is 2.50 bits per heavy atom. The van der Waals surface area contributed by atoms with Gasteiger partial charge >= 0.3 is 6.09 Å². The van der Waals surface area contributed by atoms with Crippen LogP contribution in [0.4, 0.5) is 4.79 Å². The van der Waals surface area contributed by atoms with Crippen LogP contribution >= 0.6 is 12.4 Å². The van der Waals surface area contributed by atoms with Crippen LogP contribution in [0.15, 0.2) is 0 Å². The first kappa shape index (κ1) is 9.61. The molecule has 0 aromatic rings. The average molecular weight is 193 g/mol. The highest BCUT2D eigenvalue weighted by molar-refractivity contribution is 5.85. The number of carbonyl (C=O) groups is 1. The zero-order chi connectivity index (χ0) is 7.84. The Balaban J connectivity index is 0.000000720. The topological polar surface area (TPSA) is 52.6 Å². The molecule has 3 heterocycles. The Hall–Kier alpha value is -0.480. The standard InChI is InChI=1S/C7H12N2O2.ClH/c10-7(11)9-4-5-1-2-6(9)3-8-5;/h5-6,8H,1-4H2,(H,10,11);1H. The van der Waals surface area contributed by atoms with Gasteiger partial charge in [-0.15, -0.1) is 12.4 Å². The van der Waals surface area contributed by atoms with Crippen molar-refractivity contribution in [2.75, 3.05) is 13.1 Å². The summed E-state index contributed by atoms with van der Waals surface area (Å²) in [5, 5.41) is 12.1. The lowest BCUT2D eigenvalue weighted by Crippen LogP contribution is -2.62. The van der Waals surface area contributed by atoms with E-state index in [2.05, 4.69) is 5.32 Å². The van der Waals surface area contributed by atoms with Gasteiger partial charge in [-0.3, -0.25) is 0 Å². The SMILES string of the molecule is Cl.O=C(O)N1CC2CCC1CN2. The maximum absolute atomic E-state index is 10.6. The molecule has 0 saturated carbocycles. The highest BCUT2D eigenvalue weighted by atomic mass is 35.5. The van der Waals surface area contributed by atoms with Crippen molar-refractivity contribution < 1.29 is 9.90 Å². The first-order valence-corrected chi connectivity index (χ1v) is 4.00. The molecule has 2 unspecified atom stereocenters. The van der Waals surface area contributed by atoms with E-state index in [0.29, 0.717) is 12.6 Å². The van der Waals surface area contributed by atoms with E-state index in [1.807, 2.05) is 0 Å². The van der Waals surface area contributed by atoms with Gasteiger partial charge in [-0.2, -0.15) is 0 Å². The highest BCUT2D eigenvalue weighted by Gasteiger charge is 2.35. The van der Waals surface area contributed by atoms with Gasteiger partial charge in [0.2, 0.25) is 0 Å². The molecular formula is C7H13ClN2O2. The van der Waals surface area contributed by atoms with Crippen molar-refractivity contribution >= 4 is 18.5 Å². The number of carboxylic acid groups (broad SMARTS) is 1. The normalized spacial score (nSPS) is 32.8. The number of hydrogen-bond donors (Lipinski definition) is 2. The summed E-state index contributed by atoms with van der Waals surface area (Å²) in [6, 6.07) is 0.647. The van der Waals surface area contributed by atoms with Crippen molar-refractivity contribution in [3.63, 3.8) is 0 Å². The summed E-state index contributed by atoms with van der Waals surface area (Å²) >= 11 is 0. The summed E-state index contributed by atoms with van der Waals surface area (Å²) < 4.78 is 0. The van der Waals surface area contributed by atoms with E-state index in [-0.39, 0.29) is 18.4 Å². The van der Waals surface area contributed by atoms with Crippen molar-refractivity contribution in [1.29, 1.82) is 0 Å². The van der Waals surface area contributed by atoms with Crippen LogP contribution in [-0.4, -0.2) is 41.3 Å². The number of hydrogen-bond acceptors (Lipinski definition) is 2. The number of halogens is 1. The summed E-state index contributed by atoms with van der Waals surface area (Å²) in [5.41, 5.74) is 0. The summed E-state index contributed by atoms with van der Waals surface area (Å²) in [6.45, 7) is 1.52. The molecule has 5 heteroatoms. The van der Waals surface area contributed by atoms with Gasteiger partial charge in [-0.25, -0.2) is 4.79 Å². The number of amides is 1. The monoisotopic (exact) mass is 192 g/mol. The Bertz CT molecular complexity index is 180. The maximum atomic E-state index is 10.6. The van der Waals surface area contributed by atoms with Gasteiger partial charge in [-0.05, 0) is 12.8 Å². The Kier molecular flexibility index (Phi) is 2.80. The molecule has 2 atom stereocenters. The van der Waals surface area contributed by atoms with Gasteiger partial charge in [-0.1, -0.05) is 0 Å². The minimum absolute atomic E-state index is 0. The Labute approximate surface area is 77.3 Å². The van der Waals surface area contributed by atoms with E-state index < -0.39 is 6.09 Å². The van der Waals surface area contributed by atoms with Gasteiger partial charge < -0.3 is 15.3 Å². The number of nitrogens with zero attached hydrogens (tertiary/aromatic N) is 1. The van der Waals surface area contributed by atoms with Crippen LogP contribution in [-0.2, 0) is 0 Å². The van der Waals surface area contributed by atoms with Crippen molar-refractivity contribution in [2.45, 2.75) is 24.9 Å². The van der Waals surface area contributed by atoms with Crippen LogP contribution in [0.5, 0.6) is 0 Å². The second kappa shape index (κ2) is 3.49. The fraction of sp³-hybridized carbons (Fsp3) is 0.857. The number of nitrogens with one attached hydrogen (secondary N) is 1. The quantitative estimate of drug-likeness (QED) is 0.589. The van der Waals surface area contributed by atoms with Crippen LogP contribution in [0.1, 0.15) is 12.8 Å². The molecule has 70 valence electrons. The van der Waals surface area contributed by atoms with Crippen molar-refractivity contribution in [3.8, 4) is 0 Å².